The van der Waals surface area contributed by atoms with Crippen LogP contribution in [-0.2, 0) is 6.42 Å². The van der Waals surface area contributed by atoms with Crippen molar-refractivity contribution < 1.29 is 9.18 Å². The van der Waals surface area contributed by atoms with E-state index in [-0.39, 0.29) is 11.7 Å². The Bertz CT molecular complexity index is 597. The van der Waals surface area contributed by atoms with Gasteiger partial charge in [0.25, 0.3) is 5.91 Å². The van der Waals surface area contributed by atoms with Crippen molar-refractivity contribution in [3.05, 3.63) is 52.2 Å². The van der Waals surface area contributed by atoms with Crippen molar-refractivity contribution in [2.24, 2.45) is 5.92 Å². The maximum atomic E-state index is 12.9. The number of thiazole rings is 1. The van der Waals surface area contributed by atoms with Crippen molar-refractivity contribution >= 4 is 17.2 Å². The van der Waals surface area contributed by atoms with E-state index in [4.69, 9.17) is 0 Å². The van der Waals surface area contributed by atoms with Crippen LogP contribution in [0.1, 0.15) is 28.2 Å². The largest absolute Gasteiger partial charge is 0.338 e. The number of piperidine rings is 1. The molecule has 21 heavy (non-hydrogen) atoms. The van der Waals surface area contributed by atoms with Gasteiger partial charge in [-0.1, -0.05) is 0 Å². The summed E-state index contributed by atoms with van der Waals surface area (Å²) in [5, 5.41) is 3.12. The maximum Gasteiger partial charge on any atom is 0.253 e. The zero-order valence-electron chi connectivity index (χ0n) is 11.7. The Morgan fingerprint density at radius 2 is 2.19 bits per heavy atom. The molecule has 1 fully saturated rings. The van der Waals surface area contributed by atoms with Gasteiger partial charge in [0.15, 0.2) is 0 Å². The molecule has 2 heterocycles. The number of benzene rings is 1. The van der Waals surface area contributed by atoms with E-state index in [1.54, 1.807) is 23.5 Å². The van der Waals surface area contributed by atoms with Crippen molar-refractivity contribution in [2.75, 3.05) is 13.1 Å². The van der Waals surface area contributed by atoms with Gasteiger partial charge in [-0.3, -0.25) is 4.79 Å². The summed E-state index contributed by atoms with van der Waals surface area (Å²) in [6, 6.07) is 5.79. The van der Waals surface area contributed by atoms with Crippen LogP contribution in [0, 0.1) is 11.7 Å². The summed E-state index contributed by atoms with van der Waals surface area (Å²) in [7, 11) is 0. The van der Waals surface area contributed by atoms with E-state index in [9.17, 15) is 9.18 Å². The molecule has 0 spiro atoms. The Morgan fingerprint density at radius 1 is 1.38 bits per heavy atom. The highest BCUT2D eigenvalue weighted by Crippen LogP contribution is 2.23. The van der Waals surface area contributed by atoms with Gasteiger partial charge < -0.3 is 4.90 Å². The molecule has 3 nitrogen and oxygen atoms in total. The number of hydrogen-bond donors (Lipinski definition) is 0. The van der Waals surface area contributed by atoms with Crippen LogP contribution >= 0.6 is 11.3 Å². The van der Waals surface area contributed by atoms with Crippen molar-refractivity contribution in [2.45, 2.75) is 19.3 Å². The maximum absolute atomic E-state index is 12.9. The van der Waals surface area contributed by atoms with E-state index in [1.165, 1.54) is 12.1 Å². The van der Waals surface area contributed by atoms with Gasteiger partial charge in [-0.15, -0.1) is 11.3 Å². The fourth-order valence-electron chi connectivity index (χ4n) is 2.79. The van der Waals surface area contributed by atoms with E-state index >= 15 is 0 Å². The SMILES string of the molecule is O=C(c1ccc(F)cc1)N1CCCC(Cc2nccs2)C1. The molecule has 5 heteroatoms. The lowest BCUT2D eigenvalue weighted by atomic mass is 9.94. The lowest BCUT2D eigenvalue weighted by molar-refractivity contribution is 0.0673. The first kappa shape index (κ1) is 14.2. The molecule has 1 saturated heterocycles. The number of carbonyl (C=O) groups is 1. The molecule has 3 rings (SSSR count). The second-order valence-electron chi connectivity index (χ2n) is 5.40. The number of hydrogen-bond acceptors (Lipinski definition) is 3. The normalized spacial score (nSPS) is 18.7. The number of likely N-dealkylation sites (tertiary alicyclic amines) is 1. The van der Waals surface area contributed by atoms with Gasteiger partial charge in [0.2, 0.25) is 0 Å². The lowest BCUT2D eigenvalue weighted by Gasteiger charge is -2.32. The molecule has 0 saturated carbocycles. The van der Waals surface area contributed by atoms with Crippen LogP contribution < -0.4 is 0 Å². The summed E-state index contributed by atoms with van der Waals surface area (Å²) in [6.07, 6.45) is 4.91. The van der Waals surface area contributed by atoms with Crippen LogP contribution in [0.25, 0.3) is 0 Å². The van der Waals surface area contributed by atoms with Crippen LogP contribution in [0.3, 0.4) is 0 Å². The van der Waals surface area contributed by atoms with Crippen molar-refractivity contribution in [3.63, 3.8) is 0 Å². The highest BCUT2D eigenvalue weighted by molar-refractivity contribution is 7.09. The molecule has 0 N–H and O–H groups in total. The Kier molecular flexibility index (Phi) is 4.29. The summed E-state index contributed by atoms with van der Waals surface area (Å²) < 4.78 is 12.9. The fourth-order valence-corrected chi connectivity index (χ4v) is 3.52. The molecular weight excluding hydrogens is 287 g/mol. The average Bonchev–Trinajstić information content (AvgIpc) is 3.00. The molecule has 1 aliphatic rings. The molecule has 110 valence electrons. The fraction of sp³-hybridized carbons (Fsp3) is 0.375. The number of rotatable bonds is 3. The summed E-state index contributed by atoms with van der Waals surface area (Å²) >= 11 is 1.67. The number of amides is 1. The third-order valence-electron chi connectivity index (χ3n) is 3.84. The number of carbonyl (C=O) groups excluding carboxylic acids is 1. The lowest BCUT2D eigenvalue weighted by Crippen LogP contribution is -2.40. The van der Waals surface area contributed by atoms with Gasteiger partial charge in [-0.05, 0) is 43.0 Å². The highest BCUT2D eigenvalue weighted by Gasteiger charge is 2.25. The zero-order chi connectivity index (χ0) is 14.7. The van der Waals surface area contributed by atoms with E-state index in [2.05, 4.69) is 4.98 Å². The third kappa shape index (κ3) is 3.47. The van der Waals surface area contributed by atoms with Crippen LogP contribution in [0.2, 0.25) is 0 Å². The Balaban J connectivity index is 1.65. The second kappa shape index (κ2) is 6.35. The van der Waals surface area contributed by atoms with Crippen molar-refractivity contribution in [1.82, 2.24) is 9.88 Å². The van der Waals surface area contributed by atoms with Crippen LogP contribution in [0.5, 0.6) is 0 Å². The monoisotopic (exact) mass is 304 g/mol. The van der Waals surface area contributed by atoms with E-state index in [1.807, 2.05) is 16.5 Å². The summed E-state index contributed by atoms with van der Waals surface area (Å²) in [4.78, 5) is 18.7. The topological polar surface area (TPSA) is 33.2 Å². The number of halogens is 1. The molecule has 0 radical (unpaired) electrons. The first-order valence-corrected chi connectivity index (χ1v) is 8.03. The van der Waals surface area contributed by atoms with Gasteiger partial charge in [-0.25, -0.2) is 9.37 Å². The molecule has 1 aromatic heterocycles. The predicted molar refractivity (Wildman–Crippen MR) is 80.8 cm³/mol. The minimum absolute atomic E-state index is 0.00108. The van der Waals surface area contributed by atoms with Gasteiger partial charge in [0, 0.05) is 36.7 Å². The molecule has 1 aliphatic heterocycles. The Morgan fingerprint density at radius 3 is 2.90 bits per heavy atom. The highest BCUT2D eigenvalue weighted by atomic mass is 32.1. The van der Waals surface area contributed by atoms with Crippen LogP contribution in [0.4, 0.5) is 4.39 Å². The minimum atomic E-state index is -0.313. The smallest absolute Gasteiger partial charge is 0.253 e. The number of aromatic nitrogens is 1. The summed E-state index contributed by atoms with van der Waals surface area (Å²) in [5.41, 5.74) is 0.561. The van der Waals surface area contributed by atoms with Gasteiger partial charge in [0.05, 0.1) is 5.01 Å². The molecule has 1 aromatic carbocycles. The quantitative estimate of drug-likeness (QED) is 0.871. The van der Waals surface area contributed by atoms with Gasteiger partial charge in [0.1, 0.15) is 5.82 Å². The van der Waals surface area contributed by atoms with E-state index in [0.29, 0.717) is 11.5 Å². The molecule has 0 aliphatic carbocycles. The second-order valence-corrected chi connectivity index (χ2v) is 6.38. The van der Waals surface area contributed by atoms with Gasteiger partial charge >= 0.3 is 0 Å². The summed E-state index contributed by atoms with van der Waals surface area (Å²) in [5.74, 6) is 0.153. The van der Waals surface area contributed by atoms with Gasteiger partial charge in [-0.2, -0.15) is 0 Å². The minimum Gasteiger partial charge on any atom is -0.338 e. The Hall–Kier alpha value is -1.75. The molecule has 1 atom stereocenters. The number of nitrogens with zero attached hydrogens (tertiary/aromatic N) is 2. The van der Waals surface area contributed by atoms with Crippen molar-refractivity contribution in [1.29, 1.82) is 0 Å². The third-order valence-corrected chi connectivity index (χ3v) is 4.65. The van der Waals surface area contributed by atoms with E-state index in [0.717, 1.165) is 37.4 Å². The van der Waals surface area contributed by atoms with Crippen LogP contribution in [-0.4, -0.2) is 28.9 Å². The average molecular weight is 304 g/mol. The predicted octanol–water partition coefficient (Wildman–Crippen LogP) is 3.38. The molecular formula is C16H17FN2OS. The first-order valence-electron chi connectivity index (χ1n) is 7.15. The van der Waals surface area contributed by atoms with Crippen LogP contribution in [0.15, 0.2) is 35.8 Å². The molecule has 2 aromatic rings. The molecule has 1 amide bonds. The van der Waals surface area contributed by atoms with E-state index < -0.39 is 0 Å². The molecule has 1 unspecified atom stereocenters. The molecule has 0 bridgehead atoms. The van der Waals surface area contributed by atoms with Crippen molar-refractivity contribution in [3.8, 4) is 0 Å². The summed E-state index contributed by atoms with van der Waals surface area (Å²) in [6.45, 7) is 1.54. The first-order chi connectivity index (χ1) is 10.2. The zero-order valence-corrected chi connectivity index (χ0v) is 12.5. The standard InChI is InChI=1S/C16H17FN2OS/c17-14-5-3-13(4-6-14)16(20)19-8-1-2-12(11-19)10-15-18-7-9-21-15/h3-7,9,12H,1-2,8,10-11H2. The Labute approximate surface area is 127 Å².